The summed E-state index contributed by atoms with van der Waals surface area (Å²) in [6.07, 6.45) is 0.994. The molecule has 1 N–H and O–H groups in total. The van der Waals surface area contributed by atoms with E-state index < -0.39 is 29.6 Å². The fraction of sp³-hybridized carbons (Fsp3) is 1.00. The molecule has 3 nitrogen and oxygen atoms in total. The molecular weight excluding hydrogens is 269 g/mol. The van der Waals surface area contributed by atoms with Crippen LogP contribution in [0.15, 0.2) is 0 Å². The third kappa shape index (κ3) is 10.9. The summed E-state index contributed by atoms with van der Waals surface area (Å²) in [6, 6.07) is 0. The predicted octanol–water partition coefficient (Wildman–Crippen LogP) is 1.10. The molecule has 0 saturated carbocycles. The van der Waals surface area contributed by atoms with Crippen molar-refractivity contribution < 1.29 is 8.76 Å². The van der Waals surface area contributed by atoms with Crippen LogP contribution in [0, 0.1) is 0 Å². The van der Waals surface area contributed by atoms with Gasteiger partial charge >= 0.3 is 75.3 Å². The Labute approximate surface area is 75.2 Å². The Morgan fingerprint density at radius 2 is 2.00 bits per heavy atom. The number of rotatable bonds is 5. The van der Waals surface area contributed by atoms with E-state index in [2.05, 4.69) is 19.5 Å². The van der Waals surface area contributed by atoms with Crippen molar-refractivity contribution in [3.8, 4) is 0 Å². The minimum atomic E-state index is -2.07. The molecular formula is C6H16NO2SSn-. The molecule has 0 rings (SSSR count). The van der Waals surface area contributed by atoms with Crippen LogP contribution in [-0.4, -0.2) is 33.7 Å². The average Bonchev–Trinajstić information content (AvgIpc) is 1.78. The van der Waals surface area contributed by atoms with E-state index in [9.17, 15) is 8.76 Å². The zero-order valence-corrected chi connectivity index (χ0v) is 11.0. The Morgan fingerprint density at radius 1 is 1.45 bits per heavy atom. The molecule has 0 amide bonds. The first-order chi connectivity index (χ1) is 4.92. The molecule has 0 aromatic rings. The third-order valence-electron chi connectivity index (χ3n) is 1.32. The quantitative estimate of drug-likeness (QED) is 0.467. The van der Waals surface area contributed by atoms with E-state index in [0.717, 1.165) is 6.42 Å². The maximum absolute atomic E-state index is 10.0. The van der Waals surface area contributed by atoms with Crippen molar-refractivity contribution in [1.82, 2.24) is 4.72 Å². The van der Waals surface area contributed by atoms with Crippen molar-refractivity contribution >= 4 is 29.6 Å². The van der Waals surface area contributed by atoms with Crippen LogP contribution in [0.25, 0.3) is 0 Å². The van der Waals surface area contributed by atoms with Crippen LogP contribution < -0.4 is 4.72 Å². The first-order valence-electron chi connectivity index (χ1n) is 3.74. The molecule has 0 heterocycles. The van der Waals surface area contributed by atoms with Gasteiger partial charge in [0.25, 0.3) is 0 Å². The van der Waals surface area contributed by atoms with Crippen LogP contribution in [0.2, 0.25) is 19.3 Å². The van der Waals surface area contributed by atoms with Gasteiger partial charge in [-0.1, -0.05) is 0 Å². The van der Waals surface area contributed by atoms with E-state index in [0.29, 0.717) is 6.54 Å². The molecule has 0 bridgehead atoms. The van der Waals surface area contributed by atoms with Crippen molar-refractivity contribution in [2.24, 2.45) is 0 Å². The zero-order chi connectivity index (χ0) is 8.91. The Kier molecular flexibility index (Phi) is 5.94. The second-order valence-electron chi connectivity index (χ2n) is 3.79. The van der Waals surface area contributed by atoms with Gasteiger partial charge in [0.1, 0.15) is 0 Å². The number of hydrogen-bond acceptors (Lipinski definition) is 2. The molecule has 68 valence electrons. The van der Waals surface area contributed by atoms with Gasteiger partial charge in [0.05, 0.1) is 0 Å². The molecule has 0 spiro atoms. The van der Waals surface area contributed by atoms with E-state index in [1.54, 1.807) is 0 Å². The number of hydrogen-bond donors (Lipinski definition) is 1. The van der Waals surface area contributed by atoms with Gasteiger partial charge < -0.3 is 0 Å². The minimum absolute atomic E-state index is 0.601. The van der Waals surface area contributed by atoms with Gasteiger partial charge in [-0.25, -0.2) is 0 Å². The molecule has 1 unspecified atom stereocenters. The number of nitrogens with one attached hydrogen (secondary N) is 1. The summed E-state index contributed by atoms with van der Waals surface area (Å²) in [5.74, 6) is 0. The second-order valence-corrected chi connectivity index (χ2v) is 20.6. The Bertz CT molecular complexity index is 135. The van der Waals surface area contributed by atoms with E-state index in [1.165, 1.54) is 4.44 Å². The molecule has 1 atom stereocenters. The van der Waals surface area contributed by atoms with Crippen molar-refractivity contribution in [3.05, 3.63) is 0 Å². The van der Waals surface area contributed by atoms with E-state index in [1.807, 2.05) is 0 Å². The van der Waals surface area contributed by atoms with Crippen LogP contribution >= 0.6 is 0 Å². The van der Waals surface area contributed by atoms with Crippen LogP contribution in [-0.2, 0) is 11.3 Å². The summed E-state index contributed by atoms with van der Waals surface area (Å²) in [6.45, 7) is 0.601. The van der Waals surface area contributed by atoms with Gasteiger partial charge in [-0.2, -0.15) is 0 Å². The third-order valence-corrected chi connectivity index (χ3v) is 7.05. The molecule has 0 aliphatic rings. The topological polar surface area (TPSA) is 52.2 Å². The molecule has 0 radical (unpaired) electrons. The summed E-state index contributed by atoms with van der Waals surface area (Å²) in [7, 11) is 0. The van der Waals surface area contributed by atoms with Crippen LogP contribution in [0.4, 0.5) is 0 Å². The van der Waals surface area contributed by atoms with E-state index in [4.69, 9.17) is 0 Å². The summed E-state index contributed by atoms with van der Waals surface area (Å²) in [4.78, 5) is 7.05. The molecule has 11 heavy (non-hydrogen) atoms. The van der Waals surface area contributed by atoms with E-state index in [-0.39, 0.29) is 0 Å². The van der Waals surface area contributed by atoms with Crippen molar-refractivity contribution in [1.29, 1.82) is 0 Å². The maximum atomic E-state index is 10.0. The summed E-state index contributed by atoms with van der Waals surface area (Å²) < 4.78 is 23.7. The van der Waals surface area contributed by atoms with E-state index >= 15 is 0 Å². The van der Waals surface area contributed by atoms with Crippen LogP contribution in [0.5, 0.6) is 0 Å². The molecule has 0 aromatic heterocycles. The molecule has 0 fully saturated rings. The van der Waals surface area contributed by atoms with Gasteiger partial charge in [0.2, 0.25) is 0 Å². The molecule has 0 saturated heterocycles. The fourth-order valence-corrected chi connectivity index (χ4v) is 4.62. The van der Waals surface area contributed by atoms with Crippen LogP contribution in [0.1, 0.15) is 6.42 Å². The Balaban J connectivity index is 3.22. The fourth-order valence-electron chi connectivity index (χ4n) is 0.774. The SMILES string of the molecule is [CH3][Sn]([CH3])([CH3])[CH2]CCNS(=O)[O-]. The standard InChI is InChI=1S/C3H8NO2S.3CH3.Sn/c1-2-3-4-7(5)6;;;;/h4H,1-3H2,(H,5,6);3*1H3;/p-1. The normalized spacial score (nSPS) is 14.9. The second kappa shape index (κ2) is 5.50. The Morgan fingerprint density at radius 3 is 2.36 bits per heavy atom. The van der Waals surface area contributed by atoms with Crippen molar-refractivity contribution in [2.75, 3.05) is 6.54 Å². The zero-order valence-electron chi connectivity index (χ0n) is 7.35. The summed E-state index contributed by atoms with van der Waals surface area (Å²) in [5, 5.41) is 0. The summed E-state index contributed by atoms with van der Waals surface area (Å²) >= 11 is -3.69. The van der Waals surface area contributed by atoms with Crippen molar-refractivity contribution in [3.63, 3.8) is 0 Å². The van der Waals surface area contributed by atoms with Crippen molar-refractivity contribution in [2.45, 2.75) is 25.7 Å². The molecule has 5 heteroatoms. The van der Waals surface area contributed by atoms with Gasteiger partial charge in [-0.3, -0.25) is 0 Å². The predicted molar refractivity (Wildman–Crippen MR) is 49.7 cm³/mol. The summed E-state index contributed by atoms with van der Waals surface area (Å²) in [5.41, 5.74) is 0. The molecule has 0 aliphatic heterocycles. The monoisotopic (exact) mass is 286 g/mol. The Hall–Kier alpha value is 0.869. The molecule has 0 aromatic carbocycles. The first kappa shape index (κ1) is 11.9. The van der Waals surface area contributed by atoms with Gasteiger partial charge in [0.15, 0.2) is 0 Å². The molecule has 0 aliphatic carbocycles. The average molecular weight is 285 g/mol. The first-order valence-corrected chi connectivity index (χ1v) is 15.4. The van der Waals surface area contributed by atoms with Gasteiger partial charge in [-0.05, 0) is 0 Å². The van der Waals surface area contributed by atoms with Gasteiger partial charge in [0, 0.05) is 0 Å². The van der Waals surface area contributed by atoms with Gasteiger partial charge in [-0.15, -0.1) is 0 Å². The van der Waals surface area contributed by atoms with Crippen LogP contribution in [0.3, 0.4) is 0 Å².